The van der Waals surface area contributed by atoms with Crippen molar-refractivity contribution >= 4 is 33.7 Å². The number of carboxylic acid groups (broad SMARTS) is 2. The Labute approximate surface area is 353 Å². The van der Waals surface area contributed by atoms with Gasteiger partial charge in [0.05, 0.1) is 24.3 Å². The normalized spacial score (nSPS) is 15.6. The number of aromatic carboxylic acids is 2. The summed E-state index contributed by atoms with van der Waals surface area (Å²) < 4.78 is 15.8. The van der Waals surface area contributed by atoms with Gasteiger partial charge in [0.15, 0.2) is 0 Å². The SMILES string of the molecule is CCOCCn1cc(C2CCN(Cc3cccc(C(=O)O)c3)CC2)c2ccccc21.CCOCCn1cc(C2CCN(Cc3ccccc3C(=O)O)CC2)c2ccccc21. The minimum atomic E-state index is -0.865. The number of carboxylic acids is 2. The van der Waals surface area contributed by atoms with E-state index < -0.39 is 11.9 Å². The summed E-state index contributed by atoms with van der Waals surface area (Å²) in [6.45, 7) is 14.3. The largest absolute Gasteiger partial charge is 0.478 e. The van der Waals surface area contributed by atoms with E-state index in [0.717, 1.165) is 109 Å². The molecule has 8 rings (SSSR count). The fourth-order valence-corrected chi connectivity index (χ4v) is 9.16. The van der Waals surface area contributed by atoms with Gasteiger partial charge in [0, 0.05) is 73.6 Å². The Morgan fingerprint density at radius 2 is 1.10 bits per heavy atom. The first-order valence-electron chi connectivity index (χ1n) is 21.7. The van der Waals surface area contributed by atoms with Gasteiger partial charge >= 0.3 is 11.9 Å². The first-order chi connectivity index (χ1) is 29.3. The van der Waals surface area contributed by atoms with Gasteiger partial charge in [-0.15, -0.1) is 0 Å². The van der Waals surface area contributed by atoms with Crippen LogP contribution < -0.4 is 0 Å². The number of ether oxygens (including phenoxy) is 2. The highest BCUT2D eigenvalue weighted by atomic mass is 16.5. The van der Waals surface area contributed by atoms with E-state index in [2.05, 4.69) is 79.9 Å². The summed E-state index contributed by atoms with van der Waals surface area (Å²) in [5, 5.41) is 21.4. The molecule has 0 amide bonds. The fourth-order valence-electron chi connectivity index (χ4n) is 9.16. The average molecular weight is 813 g/mol. The highest BCUT2D eigenvalue weighted by molar-refractivity contribution is 5.89. The molecule has 10 heteroatoms. The van der Waals surface area contributed by atoms with Crippen LogP contribution >= 0.6 is 0 Å². The maximum atomic E-state index is 11.5. The standard InChI is InChI=1S/2C25H30N2O3/c1-2-30-15-14-27-18-23(22-8-3-4-9-24(22)27)20-10-12-26(13-11-20)17-19-6-5-7-21(16-19)25(28)29;1-2-30-16-15-27-18-23(22-9-5-6-10-24(22)27)19-11-13-26(14-12-19)17-20-7-3-4-8-21(20)25(28)29/h3-9,16,18,20H,2,10-15,17H2,1H3,(H,28,29);3-10,18-19H,2,11-17H2,1H3,(H,28,29). The Balaban J connectivity index is 0.000000181. The minimum absolute atomic E-state index is 0.363. The van der Waals surface area contributed by atoms with E-state index in [1.807, 2.05) is 38.1 Å². The van der Waals surface area contributed by atoms with Crippen molar-refractivity contribution in [3.63, 3.8) is 0 Å². The van der Waals surface area contributed by atoms with Crippen LogP contribution in [0.2, 0.25) is 0 Å². The number of nitrogens with zero attached hydrogens (tertiary/aromatic N) is 4. The van der Waals surface area contributed by atoms with E-state index in [1.165, 1.54) is 32.9 Å². The van der Waals surface area contributed by atoms with Gasteiger partial charge in [-0.3, -0.25) is 9.80 Å². The van der Waals surface area contributed by atoms with Crippen molar-refractivity contribution < 1.29 is 29.3 Å². The summed E-state index contributed by atoms with van der Waals surface area (Å²) in [5.41, 5.74) is 8.21. The molecule has 0 unspecified atom stereocenters. The van der Waals surface area contributed by atoms with Gasteiger partial charge in [0.25, 0.3) is 0 Å². The predicted molar refractivity (Wildman–Crippen MR) is 238 cm³/mol. The molecule has 4 aromatic carbocycles. The molecule has 0 radical (unpaired) electrons. The number of fused-ring (bicyclic) bond motifs is 2. The van der Waals surface area contributed by atoms with Crippen LogP contribution in [-0.4, -0.2) is 93.7 Å². The minimum Gasteiger partial charge on any atom is -0.478 e. The molecule has 0 bridgehead atoms. The van der Waals surface area contributed by atoms with Crippen molar-refractivity contribution in [1.82, 2.24) is 18.9 Å². The number of rotatable bonds is 16. The molecule has 2 aliphatic rings. The maximum Gasteiger partial charge on any atom is 0.336 e. The zero-order valence-corrected chi connectivity index (χ0v) is 35.2. The predicted octanol–water partition coefficient (Wildman–Crippen LogP) is 9.51. The van der Waals surface area contributed by atoms with Crippen molar-refractivity contribution in [2.45, 2.75) is 77.5 Å². The van der Waals surface area contributed by atoms with Crippen LogP contribution in [0.15, 0.2) is 109 Å². The fraction of sp³-hybridized carbons (Fsp3) is 0.400. The molecule has 2 aromatic heterocycles. The third-order valence-electron chi connectivity index (χ3n) is 12.3. The molecule has 0 spiro atoms. The van der Waals surface area contributed by atoms with Gasteiger partial charge in [-0.1, -0.05) is 66.7 Å². The number of piperidine rings is 2. The van der Waals surface area contributed by atoms with Crippen molar-refractivity contribution in [1.29, 1.82) is 0 Å². The number of likely N-dealkylation sites (tertiary alicyclic amines) is 2. The second-order valence-corrected chi connectivity index (χ2v) is 16.1. The van der Waals surface area contributed by atoms with Crippen LogP contribution in [0.1, 0.15) is 94.3 Å². The molecular formula is C50H60N4O6. The molecule has 60 heavy (non-hydrogen) atoms. The summed E-state index contributed by atoms with van der Waals surface area (Å²) >= 11 is 0. The molecule has 6 aromatic rings. The topological polar surface area (TPSA) is 109 Å². The van der Waals surface area contributed by atoms with E-state index >= 15 is 0 Å². The lowest BCUT2D eigenvalue weighted by Gasteiger charge is -2.32. The maximum absolute atomic E-state index is 11.5. The van der Waals surface area contributed by atoms with E-state index in [4.69, 9.17) is 9.47 Å². The van der Waals surface area contributed by atoms with E-state index in [0.29, 0.717) is 29.5 Å². The summed E-state index contributed by atoms with van der Waals surface area (Å²) in [6, 6.07) is 32.0. The number of hydrogen-bond acceptors (Lipinski definition) is 6. The summed E-state index contributed by atoms with van der Waals surface area (Å²) in [7, 11) is 0. The molecular weight excluding hydrogens is 753 g/mol. The van der Waals surface area contributed by atoms with E-state index in [-0.39, 0.29) is 0 Å². The van der Waals surface area contributed by atoms with Gasteiger partial charge in [-0.2, -0.15) is 0 Å². The lowest BCUT2D eigenvalue weighted by atomic mass is 9.89. The molecule has 2 saturated heterocycles. The number of aromatic nitrogens is 2. The second-order valence-electron chi connectivity index (χ2n) is 16.1. The molecule has 0 atom stereocenters. The van der Waals surface area contributed by atoms with E-state index in [9.17, 15) is 19.8 Å². The van der Waals surface area contributed by atoms with Gasteiger partial charge in [-0.25, -0.2) is 9.59 Å². The Kier molecular flexibility index (Phi) is 14.9. The van der Waals surface area contributed by atoms with Gasteiger partial charge in [0.1, 0.15) is 0 Å². The monoisotopic (exact) mass is 812 g/mol. The van der Waals surface area contributed by atoms with Crippen molar-refractivity contribution in [2.75, 3.05) is 52.6 Å². The van der Waals surface area contributed by atoms with Gasteiger partial charge in [-0.05, 0) is 130 Å². The Morgan fingerprint density at radius 3 is 1.62 bits per heavy atom. The van der Waals surface area contributed by atoms with Crippen LogP contribution in [0.5, 0.6) is 0 Å². The third-order valence-corrected chi connectivity index (χ3v) is 12.3. The van der Waals surface area contributed by atoms with Crippen molar-refractivity contribution in [2.24, 2.45) is 0 Å². The Morgan fingerprint density at radius 1 is 0.600 bits per heavy atom. The van der Waals surface area contributed by atoms with Gasteiger partial charge < -0.3 is 28.8 Å². The summed E-state index contributed by atoms with van der Waals surface area (Å²) in [5.74, 6) is -0.615. The number of carbonyl (C=O) groups is 2. The summed E-state index contributed by atoms with van der Waals surface area (Å²) in [6.07, 6.45) is 9.09. The first kappa shape index (κ1) is 42.8. The molecule has 316 valence electrons. The third kappa shape index (κ3) is 10.5. The zero-order chi connectivity index (χ0) is 41.8. The van der Waals surface area contributed by atoms with E-state index in [1.54, 1.807) is 24.3 Å². The van der Waals surface area contributed by atoms with Crippen LogP contribution in [-0.2, 0) is 35.7 Å². The molecule has 4 heterocycles. The number of benzene rings is 4. The number of hydrogen-bond donors (Lipinski definition) is 2. The molecule has 0 saturated carbocycles. The lowest BCUT2D eigenvalue weighted by molar-refractivity contribution is 0.0684. The smallest absolute Gasteiger partial charge is 0.336 e. The van der Waals surface area contributed by atoms with Crippen LogP contribution in [0.25, 0.3) is 21.8 Å². The molecule has 0 aliphatic carbocycles. The van der Waals surface area contributed by atoms with Crippen LogP contribution in [0, 0.1) is 0 Å². The highest BCUT2D eigenvalue weighted by Gasteiger charge is 2.26. The first-order valence-corrected chi connectivity index (χ1v) is 21.7. The highest BCUT2D eigenvalue weighted by Crippen LogP contribution is 2.36. The zero-order valence-electron chi connectivity index (χ0n) is 35.2. The molecule has 2 N–H and O–H groups in total. The number of para-hydroxylation sites is 2. The second kappa shape index (κ2) is 20.8. The van der Waals surface area contributed by atoms with Crippen LogP contribution in [0.4, 0.5) is 0 Å². The lowest BCUT2D eigenvalue weighted by Crippen LogP contribution is -2.33. The Hall–Kier alpha value is -5.26. The molecule has 2 aliphatic heterocycles. The summed E-state index contributed by atoms with van der Waals surface area (Å²) in [4.78, 5) is 27.5. The van der Waals surface area contributed by atoms with Crippen molar-refractivity contribution in [3.8, 4) is 0 Å². The van der Waals surface area contributed by atoms with Crippen molar-refractivity contribution in [3.05, 3.63) is 143 Å². The molecule has 2 fully saturated rings. The van der Waals surface area contributed by atoms with Gasteiger partial charge in [0.2, 0.25) is 0 Å². The quantitative estimate of drug-likeness (QED) is 0.0931. The Bertz CT molecular complexity index is 2330. The average Bonchev–Trinajstić information content (AvgIpc) is 3.83. The molecule has 10 nitrogen and oxygen atoms in total. The van der Waals surface area contributed by atoms with Crippen LogP contribution in [0.3, 0.4) is 0 Å².